The summed E-state index contributed by atoms with van der Waals surface area (Å²) in [5.74, 6) is 0.157. The van der Waals surface area contributed by atoms with Gasteiger partial charge < -0.3 is 14.7 Å². The standard InChI is InChI=1S/C11H19NO3/c1-3-11(14)6-12(7-11)10(13)9-4-5-15-8(9)2/h8-9,14H,3-7H2,1-2H3. The van der Waals surface area contributed by atoms with Crippen molar-refractivity contribution in [2.24, 2.45) is 5.92 Å². The van der Waals surface area contributed by atoms with Crippen LogP contribution in [0.2, 0.25) is 0 Å². The smallest absolute Gasteiger partial charge is 0.228 e. The number of nitrogens with zero attached hydrogens (tertiary/aromatic N) is 1. The number of likely N-dealkylation sites (tertiary alicyclic amines) is 1. The molecule has 2 rings (SSSR count). The van der Waals surface area contributed by atoms with Crippen molar-refractivity contribution in [3.8, 4) is 0 Å². The monoisotopic (exact) mass is 213 g/mol. The van der Waals surface area contributed by atoms with E-state index in [2.05, 4.69) is 0 Å². The fourth-order valence-electron chi connectivity index (χ4n) is 2.33. The minimum atomic E-state index is -0.627. The quantitative estimate of drug-likeness (QED) is 0.722. The minimum absolute atomic E-state index is 0.00593. The zero-order valence-corrected chi connectivity index (χ0v) is 9.40. The molecule has 0 aromatic carbocycles. The van der Waals surface area contributed by atoms with Crippen LogP contribution in [0.15, 0.2) is 0 Å². The van der Waals surface area contributed by atoms with E-state index in [9.17, 15) is 9.90 Å². The largest absolute Gasteiger partial charge is 0.386 e. The molecule has 2 unspecified atom stereocenters. The third-order valence-corrected chi connectivity index (χ3v) is 3.63. The van der Waals surface area contributed by atoms with Gasteiger partial charge in [0.1, 0.15) is 0 Å². The molecule has 2 aliphatic rings. The molecular formula is C11H19NO3. The maximum atomic E-state index is 12.0. The van der Waals surface area contributed by atoms with Gasteiger partial charge in [-0.15, -0.1) is 0 Å². The average Bonchev–Trinajstić information content (AvgIpc) is 2.58. The molecule has 0 bridgehead atoms. The van der Waals surface area contributed by atoms with E-state index in [1.54, 1.807) is 4.90 Å². The van der Waals surface area contributed by atoms with Crippen molar-refractivity contribution < 1.29 is 14.6 Å². The van der Waals surface area contributed by atoms with Crippen LogP contribution in [0.1, 0.15) is 26.7 Å². The summed E-state index contributed by atoms with van der Waals surface area (Å²) in [5, 5.41) is 9.82. The molecule has 4 heteroatoms. The van der Waals surface area contributed by atoms with Crippen LogP contribution in [0.4, 0.5) is 0 Å². The zero-order chi connectivity index (χ0) is 11.1. The molecule has 1 N–H and O–H groups in total. The van der Waals surface area contributed by atoms with E-state index in [-0.39, 0.29) is 17.9 Å². The van der Waals surface area contributed by atoms with E-state index in [0.29, 0.717) is 26.1 Å². The van der Waals surface area contributed by atoms with Gasteiger partial charge in [0.15, 0.2) is 0 Å². The third-order valence-electron chi connectivity index (χ3n) is 3.63. The fourth-order valence-corrected chi connectivity index (χ4v) is 2.33. The zero-order valence-electron chi connectivity index (χ0n) is 9.40. The van der Waals surface area contributed by atoms with Crippen molar-refractivity contribution in [3.63, 3.8) is 0 Å². The second-order valence-electron chi connectivity index (χ2n) is 4.74. The van der Waals surface area contributed by atoms with Gasteiger partial charge >= 0.3 is 0 Å². The molecule has 0 radical (unpaired) electrons. The predicted molar refractivity (Wildman–Crippen MR) is 55.3 cm³/mol. The van der Waals surface area contributed by atoms with Gasteiger partial charge in [0.25, 0.3) is 0 Å². The van der Waals surface area contributed by atoms with Gasteiger partial charge in [0.2, 0.25) is 5.91 Å². The molecule has 2 aliphatic heterocycles. The third kappa shape index (κ3) is 1.88. The van der Waals surface area contributed by atoms with E-state index >= 15 is 0 Å². The molecule has 2 fully saturated rings. The van der Waals surface area contributed by atoms with Crippen LogP contribution in [-0.2, 0) is 9.53 Å². The van der Waals surface area contributed by atoms with Crippen molar-refractivity contribution in [2.75, 3.05) is 19.7 Å². The highest BCUT2D eigenvalue weighted by Gasteiger charge is 2.45. The number of carbonyl (C=O) groups excluding carboxylic acids is 1. The maximum Gasteiger partial charge on any atom is 0.228 e. The lowest BCUT2D eigenvalue weighted by Crippen LogP contribution is -2.64. The van der Waals surface area contributed by atoms with Gasteiger partial charge in [0.05, 0.1) is 30.7 Å². The van der Waals surface area contributed by atoms with Crippen LogP contribution < -0.4 is 0 Å². The van der Waals surface area contributed by atoms with Crippen LogP contribution in [-0.4, -0.2) is 47.3 Å². The molecule has 2 atom stereocenters. The highest BCUT2D eigenvalue weighted by atomic mass is 16.5. The maximum absolute atomic E-state index is 12.0. The number of β-amino-alcohol motifs (C(OH)–C–C–N with tert-alkyl or cyclic N) is 1. The highest BCUT2D eigenvalue weighted by Crippen LogP contribution is 2.29. The summed E-state index contributed by atoms with van der Waals surface area (Å²) in [6.07, 6.45) is 1.57. The first kappa shape index (κ1) is 10.9. The summed E-state index contributed by atoms with van der Waals surface area (Å²) in [6.45, 7) is 5.56. The molecule has 1 amide bonds. The van der Waals surface area contributed by atoms with Crippen LogP contribution in [0, 0.1) is 5.92 Å². The molecule has 0 spiro atoms. The number of rotatable bonds is 2. The van der Waals surface area contributed by atoms with E-state index in [1.165, 1.54) is 0 Å². The number of ether oxygens (including phenoxy) is 1. The summed E-state index contributed by atoms with van der Waals surface area (Å²) < 4.78 is 5.37. The first-order valence-electron chi connectivity index (χ1n) is 5.68. The van der Waals surface area contributed by atoms with Gasteiger partial charge in [-0.2, -0.15) is 0 Å². The normalized spacial score (nSPS) is 33.9. The molecule has 2 heterocycles. The number of hydrogen-bond donors (Lipinski definition) is 1. The Kier molecular flexibility index (Phi) is 2.73. The van der Waals surface area contributed by atoms with E-state index in [1.807, 2.05) is 13.8 Å². The highest BCUT2D eigenvalue weighted by molar-refractivity contribution is 5.80. The Hall–Kier alpha value is -0.610. The molecule has 0 aliphatic carbocycles. The van der Waals surface area contributed by atoms with Crippen molar-refractivity contribution in [1.82, 2.24) is 4.90 Å². The molecular weight excluding hydrogens is 194 g/mol. The number of amides is 1. The lowest BCUT2D eigenvalue weighted by molar-refractivity contribution is -0.161. The van der Waals surface area contributed by atoms with Crippen molar-refractivity contribution >= 4 is 5.91 Å². The second-order valence-corrected chi connectivity index (χ2v) is 4.74. The first-order chi connectivity index (χ1) is 7.06. The molecule has 0 saturated carbocycles. The van der Waals surface area contributed by atoms with Gasteiger partial charge in [0, 0.05) is 6.61 Å². The molecule has 2 saturated heterocycles. The first-order valence-corrected chi connectivity index (χ1v) is 5.68. The number of hydrogen-bond acceptors (Lipinski definition) is 3. The molecule has 0 aromatic rings. The summed E-state index contributed by atoms with van der Waals surface area (Å²) in [6, 6.07) is 0. The summed E-state index contributed by atoms with van der Waals surface area (Å²) in [4.78, 5) is 13.7. The fraction of sp³-hybridized carbons (Fsp3) is 0.909. The second kappa shape index (κ2) is 3.76. The van der Waals surface area contributed by atoms with Gasteiger partial charge in [-0.25, -0.2) is 0 Å². The van der Waals surface area contributed by atoms with Gasteiger partial charge in [-0.05, 0) is 19.8 Å². The molecule has 86 valence electrons. The molecule has 4 nitrogen and oxygen atoms in total. The Bertz CT molecular complexity index is 261. The number of aliphatic hydroxyl groups is 1. The van der Waals surface area contributed by atoms with E-state index in [4.69, 9.17) is 4.74 Å². The lowest BCUT2D eigenvalue weighted by atomic mass is 9.89. The van der Waals surface area contributed by atoms with Crippen LogP contribution in [0.3, 0.4) is 0 Å². The van der Waals surface area contributed by atoms with Crippen LogP contribution in [0.25, 0.3) is 0 Å². The average molecular weight is 213 g/mol. The summed E-state index contributed by atoms with van der Waals surface area (Å²) >= 11 is 0. The van der Waals surface area contributed by atoms with Crippen LogP contribution in [0.5, 0.6) is 0 Å². The Morgan fingerprint density at radius 2 is 2.27 bits per heavy atom. The number of carbonyl (C=O) groups is 1. The van der Waals surface area contributed by atoms with Crippen molar-refractivity contribution in [3.05, 3.63) is 0 Å². The van der Waals surface area contributed by atoms with Crippen LogP contribution >= 0.6 is 0 Å². The van der Waals surface area contributed by atoms with E-state index < -0.39 is 5.60 Å². The SMILES string of the molecule is CCC1(O)CN(C(=O)C2CCOC2C)C1. The Morgan fingerprint density at radius 1 is 1.60 bits per heavy atom. The Labute approximate surface area is 90.2 Å². The lowest BCUT2D eigenvalue weighted by Gasteiger charge is -2.47. The minimum Gasteiger partial charge on any atom is -0.386 e. The van der Waals surface area contributed by atoms with Gasteiger partial charge in [-0.3, -0.25) is 4.79 Å². The Morgan fingerprint density at radius 3 is 2.73 bits per heavy atom. The molecule has 15 heavy (non-hydrogen) atoms. The topological polar surface area (TPSA) is 49.8 Å². The summed E-state index contributed by atoms with van der Waals surface area (Å²) in [5.41, 5.74) is -0.627. The predicted octanol–water partition coefficient (Wildman–Crippen LogP) is 0.395. The summed E-state index contributed by atoms with van der Waals surface area (Å²) in [7, 11) is 0. The van der Waals surface area contributed by atoms with Crippen molar-refractivity contribution in [2.45, 2.75) is 38.4 Å². The van der Waals surface area contributed by atoms with Gasteiger partial charge in [-0.1, -0.05) is 6.92 Å². The van der Waals surface area contributed by atoms with Crippen molar-refractivity contribution in [1.29, 1.82) is 0 Å². The van der Waals surface area contributed by atoms with E-state index in [0.717, 1.165) is 6.42 Å². The Balaban J connectivity index is 1.89. The molecule has 0 aromatic heterocycles.